The number of aromatic nitrogens is 2. The van der Waals surface area contributed by atoms with E-state index in [1.807, 2.05) is 0 Å². The number of hydrogen-bond acceptors (Lipinski definition) is 5. The SMILES string of the molecule is NC1CCCC(C(=O)NCc2ncon2)C1. The second-order valence-electron chi connectivity index (χ2n) is 4.19. The first-order chi connectivity index (χ1) is 7.75. The Bertz CT molecular complexity index is 339. The maximum atomic E-state index is 11.8. The van der Waals surface area contributed by atoms with Crippen LogP contribution in [-0.4, -0.2) is 22.1 Å². The lowest BCUT2D eigenvalue weighted by Crippen LogP contribution is -2.37. The van der Waals surface area contributed by atoms with Crippen LogP contribution in [0.2, 0.25) is 0 Å². The first kappa shape index (κ1) is 11.1. The van der Waals surface area contributed by atoms with Gasteiger partial charge < -0.3 is 15.6 Å². The van der Waals surface area contributed by atoms with Crippen LogP contribution in [-0.2, 0) is 11.3 Å². The average molecular weight is 224 g/mol. The molecule has 1 aromatic heterocycles. The van der Waals surface area contributed by atoms with E-state index >= 15 is 0 Å². The summed E-state index contributed by atoms with van der Waals surface area (Å²) in [4.78, 5) is 15.6. The zero-order valence-corrected chi connectivity index (χ0v) is 9.06. The fourth-order valence-corrected chi connectivity index (χ4v) is 2.05. The molecule has 1 aliphatic rings. The van der Waals surface area contributed by atoms with Gasteiger partial charge in [0.25, 0.3) is 0 Å². The highest BCUT2D eigenvalue weighted by Crippen LogP contribution is 2.23. The first-order valence-electron chi connectivity index (χ1n) is 5.54. The molecular weight excluding hydrogens is 208 g/mol. The van der Waals surface area contributed by atoms with Crippen LogP contribution in [0.5, 0.6) is 0 Å². The van der Waals surface area contributed by atoms with Gasteiger partial charge in [-0.05, 0) is 19.3 Å². The Morgan fingerprint density at radius 1 is 1.62 bits per heavy atom. The highest BCUT2D eigenvalue weighted by atomic mass is 16.5. The molecule has 16 heavy (non-hydrogen) atoms. The van der Waals surface area contributed by atoms with Crippen LogP contribution >= 0.6 is 0 Å². The molecule has 3 N–H and O–H groups in total. The van der Waals surface area contributed by atoms with Gasteiger partial charge in [-0.2, -0.15) is 4.98 Å². The molecule has 1 fully saturated rings. The van der Waals surface area contributed by atoms with Gasteiger partial charge in [0, 0.05) is 12.0 Å². The van der Waals surface area contributed by atoms with Gasteiger partial charge >= 0.3 is 0 Å². The molecule has 0 aromatic carbocycles. The largest absolute Gasteiger partial charge is 0.348 e. The molecule has 0 spiro atoms. The predicted octanol–water partition coefficient (Wildman–Crippen LogP) is 0.203. The van der Waals surface area contributed by atoms with E-state index in [9.17, 15) is 4.79 Å². The van der Waals surface area contributed by atoms with Crippen LogP contribution in [0.15, 0.2) is 10.9 Å². The van der Waals surface area contributed by atoms with Crippen molar-refractivity contribution in [3.8, 4) is 0 Å². The highest BCUT2D eigenvalue weighted by Gasteiger charge is 2.25. The maximum Gasteiger partial charge on any atom is 0.223 e. The zero-order chi connectivity index (χ0) is 11.4. The molecule has 0 bridgehead atoms. The van der Waals surface area contributed by atoms with Gasteiger partial charge in [-0.15, -0.1) is 0 Å². The van der Waals surface area contributed by atoms with Crippen LogP contribution in [0.25, 0.3) is 0 Å². The van der Waals surface area contributed by atoms with Crippen molar-refractivity contribution >= 4 is 5.91 Å². The summed E-state index contributed by atoms with van der Waals surface area (Å²) in [5.74, 6) is 0.573. The molecular formula is C10H16N4O2. The van der Waals surface area contributed by atoms with Crippen LogP contribution in [0.1, 0.15) is 31.5 Å². The molecule has 88 valence electrons. The van der Waals surface area contributed by atoms with Crippen LogP contribution in [0.3, 0.4) is 0 Å². The summed E-state index contributed by atoms with van der Waals surface area (Å²) >= 11 is 0. The second kappa shape index (κ2) is 5.07. The van der Waals surface area contributed by atoms with Crippen LogP contribution in [0, 0.1) is 5.92 Å². The number of carbonyl (C=O) groups is 1. The Hall–Kier alpha value is -1.43. The van der Waals surface area contributed by atoms with Crippen LogP contribution in [0.4, 0.5) is 0 Å². The number of amides is 1. The van der Waals surface area contributed by atoms with Gasteiger partial charge in [-0.3, -0.25) is 4.79 Å². The Morgan fingerprint density at radius 3 is 3.19 bits per heavy atom. The number of carbonyl (C=O) groups excluding carboxylic acids is 1. The molecule has 0 saturated heterocycles. The molecule has 1 heterocycles. The summed E-state index contributed by atoms with van der Waals surface area (Å²) in [6.45, 7) is 0.321. The van der Waals surface area contributed by atoms with E-state index in [1.165, 1.54) is 6.39 Å². The zero-order valence-electron chi connectivity index (χ0n) is 9.06. The summed E-state index contributed by atoms with van der Waals surface area (Å²) in [7, 11) is 0. The summed E-state index contributed by atoms with van der Waals surface area (Å²) in [6.07, 6.45) is 5.00. The Kier molecular flexibility index (Phi) is 3.51. The van der Waals surface area contributed by atoms with Gasteiger partial charge in [-0.1, -0.05) is 11.6 Å². The standard InChI is InChI=1S/C10H16N4O2/c11-8-3-1-2-7(4-8)10(15)12-5-9-13-6-16-14-9/h6-8H,1-5,11H2,(H,12,15). The van der Waals surface area contributed by atoms with Crippen molar-refractivity contribution in [3.63, 3.8) is 0 Å². The minimum atomic E-state index is 0.0376. The fraction of sp³-hybridized carbons (Fsp3) is 0.700. The molecule has 0 aliphatic heterocycles. The van der Waals surface area contributed by atoms with E-state index in [4.69, 9.17) is 5.73 Å². The summed E-state index contributed by atoms with van der Waals surface area (Å²) in [5.41, 5.74) is 5.83. The highest BCUT2D eigenvalue weighted by molar-refractivity contribution is 5.78. The molecule has 1 aliphatic carbocycles. The molecule has 6 heteroatoms. The van der Waals surface area contributed by atoms with E-state index < -0.39 is 0 Å². The van der Waals surface area contributed by atoms with Crippen molar-refractivity contribution in [2.75, 3.05) is 0 Å². The molecule has 1 aromatic rings. The number of nitrogens with two attached hydrogens (primary N) is 1. The van der Waals surface area contributed by atoms with E-state index in [2.05, 4.69) is 20.0 Å². The summed E-state index contributed by atoms with van der Waals surface area (Å²) < 4.78 is 4.58. The lowest BCUT2D eigenvalue weighted by Gasteiger charge is -2.25. The third-order valence-electron chi connectivity index (χ3n) is 2.91. The van der Waals surface area contributed by atoms with Crippen LogP contribution < -0.4 is 11.1 Å². The summed E-state index contributed by atoms with van der Waals surface area (Å²) in [6, 6.07) is 0.162. The van der Waals surface area contributed by atoms with Crippen molar-refractivity contribution in [3.05, 3.63) is 12.2 Å². The molecule has 6 nitrogen and oxygen atoms in total. The minimum absolute atomic E-state index is 0.0376. The topological polar surface area (TPSA) is 94.0 Å². The smallest absolute Gasteiger partial charge is 0.223 e. The molecule has 0 radical (unpaired) electrons. The summed E-state index contributed by atoms with van der Waals surface area (Å²) in [5, 5.41) is 6.42. The number of nitrogens with zero attached hydrogens (tertiary/aromatic N) is 2. The van der Waals surface area contributed by atoms with Gasteiger partial charge in [-0.25, -0.2) is 0 Å². The molecule has 1 saturated carbocycles. The van der Waals surface area contributed by atoms with Crippen molar-refractivity contribution in [2.24, 2.45) is 11.7 Å². The van der Waals surface area contributed by atoms with Gasteiger partial charge in [0.1, 0.15) is 0 Å². The lowest BCUT2D eigenvalue weighted by molar-refractivity contribution is -0.126. The molecule has 2 atom stereocenters. The fourth-order valence-electron chi connectivity index (χ4n) is 2.05. The van der Waals surface area contributed by atoms with Gasteiger partial charge in [0.15, 0.2) is 5.82 Å². The van der Waals surface area contributed by atoms with E-state index in [-0.39, 0.29) is 17.9 Å². The Balaban J connectivity index is 1.79. The third-order valence-corrected chi connectivity index (χ3v) is 2.91. The second-order valence-corrected chi connectivity index (χ2v) is 4.19. The quantitative estimate of drug-likeness (QED) is 0.765. The van der Waals surface area contributed by atoms with E-state index in [1.54, 1.807) is 0 Å². The van der Waals surface area contributed by atoms with Crippen molar-refractivity contribution in [2.45, 2.75) is 38.3 Å². The first-order valence-corrected chi connectivity index (χ1v) is 5.54. The number of hydrogen-bond donors (Lipinski definition) is 2. The van der Waals surface area contributed by atoms with Crippen molar-refractivity contribution < 1.29 is 9.32 Å². The molecule has 2 rings (SSSR count). The molecule has 1 amide bonds. The van der Waals surface area contributed by atoms with E-state index in [0.717, 1.165) is 25.7 Å². The number of rotatable bonds is 3. The van der Waals surface area contributed by atoms with E-state index in [0.29, 0.717) is 12.4 Å². The van der Waals surface area contributed by atoms with Gasteiger partial charge in [0.05, 0.1) is 6.54 Å². The van der Waals surface area contributed by atoms with Crippen molar-refractivity contribution in [1.29, 1.82) is 0 Å². The lowest BCUT2D eigenvalue weighted by atomic mass is 9.85. The predicted molar refractivity (Wildman–Crippen MR) is 56.1 cm³/mol. The number of nitrogens with one attached hydrogen (secondary N) is 1. The normalized spacial score (nSPS) is 25.3. The monoisotopic (exact) mass is 224 g/mol. The Labute approximate surface area is 93.6 Å². The van der Waals surface area contributed by atoms with Crippen molar-refractivity contribution in [1.82, 2.24) is 15.5 Å². The third kappa shape index (κ3) is 2.79. The molecule has 2 unspecified atom stereocenters. The Morgan fingerprint density at radius 2 is 2.50 bits per heavy atom. The maximum absolute atomic E-state index is 11.8. The van der Waals surface area contributed by atoms with Gasteiger partial charge in [0.2, 0.25) is 12.3 Å². The minimum Gasteiger partial charge on any atom is -0.348 e. The average Bonchev–Trinajstić information content (AvgIpc) is 2.78.